The third kappa shape index (κ3) is 1.71. The predicted molar refractivity (Wildman–Crippen MR) is 62.5 cm³/mol. The summed E-state index contributed by atoms with van der Waals surface area (Å²) in [6.45, 7) is 6.26. The fourth-order valence-corrected chi connectivity index (χ4v) is 2.17. The first-order valence-electron chi connectivity index (χ1n) is 4.66. The van der Waals surface area contributed by atoms with Gasteiger partial charge in [0.1, 0.15) is 11.4 Å². The predicted octanol–water partition coefficient (Wildman–Crippen LogP) is 4.02. The van der Waals surface area contributed by atoms with E-state index in [9.17, 15) is 0 Å². The molecule has 14 heavy (non-hydrogen) atoms. The van der Waals surface area contributed by atoms with Crippen molar-refractivity contribution in [1.29, 1.82) is 0 Å². The topological polar surface area (TPSA) is 9.23 Å². The lowest BCUT2D eigenvalue weighted by molar-refractivity contribution is 0.158. The Kier molecular flexibility index (Phi) is 2.18. The van der Waals surface area contributed by atoms with Gasteiger partial charge in [0.25, 0.3) is 0 Å². The van der Waals surface area contributed by atoms with Crippen LogP contribution in [0.1, 0.15) is 26.3 Å². The number of ether oxygens (including phenoxy) is 1. The summed E-state index contributed by atoms with van der Waals surface area (Å²) in [5.41, 5.74) is 2.27. The Morgan fingerprint density at radius 3 is 2.71 bits per heavy atom. The number of fused-ring (bicyclic) bond motifs is 1. The van der Waals surface area contributed by atoms with Crippen LogP contribution in [0, 0.1) is 0 Å². The van der Waals surface area contributed by atoms with Crippen LogP contribution in [0.25, 0.3) is 5.57 Å². The highest BCUT2D eigenvalue weighted by Crippen LogP contribution is 2.36. The first-order valence-corrected chi connectivity index (χ1v) is 5.46. The smallest absolute Gasteiger partial charge is 0.128 e. The van der Waals surface area contributed by atoms with E-state index in [-0.39, 0.29) is 5.60 Å². The van der Waals surface area contributed by atoms with Crippen molar-refractivity contribution in [2.45, 2.75) is 26.4 Å². The molecule has 0 bridgehead atoms. The number of allylic oxidation sites excluding steroid dienone is 1. The van der Waals surface area contributed by atoms with Crippen molar-refractivity contribution >= 4 is 21.5 Å². The molecule has 0 amide bonds. The lowest BCUT2D eigenvalue weighted by Crippen LogP contribution is -2.28. The van der Waals surface area contributed by atoms with E-state index in [4.69, 9.17) is 4.74 Å². The molecule has 1 aromatic carbocycles. The minimum absolute atomic E-state index is 0.190. The Hall–Kier alpha value is -0.760. The van der Waals surface area contributed by atoms with Crippen molar-refractivity contribution in [2.75, 3.05) is 0 Å². The van der Waals surface area contributed by atoms with Crippen LogP contribution < -0.4 is 4.74 Å². The van der Waals surface area contributed by atoms with Crippen LogP contribution in [0.15, 0.2) is 28.7 Å². The molecule has 0 radical (unpaired) electrons. The maximum Gasteiger partial charge on any atom is 0.128 e. The van der Waals surface area contributed by atoms with E-state index in [2.05, 4.69) is 48.8 Å². The maximum atomic E-state index is 5.85. The molecule has 2 heteroatoms. The third-order valence-electron chi connectivity index (χ3n) is 2.30. The molecule has 0 spiro atoms. The van der Waals surface area contributed by atoms with E-state index in [1.165, 1.54) is 11.1 Å². The van der Waals surface area contributed by atoms with Gasteiger partial charge in [-0.25, -0.2) is 0 Å². The Bertz CT molecular complexity index is 405. The fourth-order valence-electron chi connectivity index (χ4n) is 1.81. The summed E-state index contributed by atoms with van der Waals surface area (Å²) >= 11 is 3.46. The Labute approximate surface area is 92.9 Å². The number of halogens is 1. The molecule has 0 saturated carbocycles. The van der Waals surface area contributed by atoms with Gasteiger partial charge >= 0.3 is 0 Å². The van der Waals surface area contributed by atoms with E-state index in [0.717, 1.165) is 10.2 Å². The average molecular weight is 253 g/mol. The van der Waals surface area contributed by atoms with E-state index < -0.39 is 0 Å². The van der Waals surface area contributed by atoms with Gasteiger partial charge in [0.15, 0.2) is 0 Å². The van der Waals surface area contributed by atoms with Gasteiger partial charge in [-0.1, -0.05) is 15.9 Å². The lowest BCUT2D eigenvalue weighted by Gasteiger charge is -2.30. The zero-order chi connectivity index (χ0) is 10.3. The Morgan fingerprint density at radius 2 is 2.00 bits per heavy atom. The zero-order valence-corrected chi connectivity index (χ0v) is 10.2. The van der Waals surface area contributed by atoms with Crippen molar-refractivity contribution in [3.05, 3.63) is 34.3 Å². The molecule has 0 aromatic heterocycles. The van der Waals surface area contributed by atoms with Crippen LogP contribution >= 0.6 is 15.9 Å². The summed E-state index contributed by atoms with van der Waals surface area (Å²) in [5, 5.41) is 0. The van der Waals surface area contributed by atoms with Gasteiger partial charge in [-0.2, -0.15) is 0 Å². The van der Waals surface area contributed by atoms with Crippen molar-refractivity contribution in [1.82, 2.24) is 0 Å². The molecule has 1 nitrogen and oxygen atoms in total. The molecule has 0 N–H and O–H groups in total. The van der Waals surface area contributed by atoms with Gasteiger partial charge in [-0.3, -0.25) is 0 Å². The summed E-state index contributed by atoms with van der Waals surface area (Å²) in [6, 6.07) is 6.11. The monoisotopic (exact) mass is 252 g/mol. The van der Waals surface area contributed by atoms with Crippen LogP contribution in [0.4, 0.5) is 0 Å². The van der Waals surface area contributed by atoms with Crippen LogP contribution in [0.2, 0.25) is 0 Å². The van der Waals surface area contributed by atoms with E-state index in [1.807, 2.05) is 12.1 Å². The van der Waals surface area contributed by atoms with Gasteiger partial charge in [0, 0.05) is 10.0 Å². The lowest BCUT2D eigenvalue weighted by atomic mass is 9.96. The molecular weight excluding hydrogens is 240 g/mol. The van der Waals surface area contributed by atoms with Crippen molar-refractivity contribution in [2.24, 2.45) is 0 Å². The van der Waals surface area contributed by atoms with E-state index >= 15 is 0 Å². The quantitative estimate of drug-likeness (QED) is 0.678. The highest BCUT2D eigenvalue weighted by molar-refractivity contribution is 9.10. The highest BCUT2D eigenvalue weighted by atomic mass is 79.9. The molecule has 1 aliphatic heterocycles. The minimum Gasteiger partial charge on any atom is -0.483 e. The summed E-state index contributed by atoms with van der Waals surface area (Å²) < 4.78 is 6.94. The van der Waals surface area contributed by atoms with E-state index in [0.29, 0.717) is 0 Å². The number of benzene rings is 1. The highest BCUT2D eigenvalue weighted by Gasteiger charge is 2.24. The van der Waals surface area contributed by atoms with Crippen LogP contribution in [-0.4, -0.2) is 5.60 Å². The summed E-state index contributed by atoms with van der Waals surface area (Å²) in [7, 11) is 0. The van der Waals surface area contributed by atoms with Gasteiger partial charge in [-0.15, -0.1) is 0 Å². The first-order chi connectivity index (χ1) is 6.48. The van der Waals surface area contributed by atoms with Gasteiger partial charge in [0.05, 0.1) is 0 Å². The molecule has 74 valence electrons. The summed E-state index contributed by atoms with van der Waals surface area (Å²) in [5.74, 6) is 0.971. The molecule has 0 atom stereocenters. The van der Waals surface area contributed by atoms with Gasteiger partial charge in [-0.05, 0) is 50.6 Å². The van der Waals surface area contributed by atoms with Crippen LogP contribution in [0.3, 0.4) is 0 Å². The molecule has 0 saturated heterocycles. The second-order valence-corrected chi connectivity index (χ2v) is 5.09. The molecule has 1 aromatic rings. The molecular formula is C12H13BrO. The Balaban J connectivity index is 2.56. The fraction of sp³-hybridized carbons (Fsp3) is 0.333. The molecule has 0 aliphatic carbocycles. The van der Waals surface area contributed by atoms with Crippen molar-refractivity contribution < 1.29 is 4.74 Å². The summed E-state index contributed by atoms with van der Waals surface area (Å²) in [6.07, 6.45) is 2.15. The molecule has 0 unspecified atom stereocenters. The first kappa shape index (κ1) is 9.78. The van der Waals surface area contributed by atoms with Gasteiger partial charge in [0.2, 0.25) is 0 Å². The van der Waals surface area contributed by atoms with E-state index in [1.54, 1.807) is 0 Å². The second kappa shape index (κ2) is 3.13. The normalized spacial score (nSPS) is 18.1. The SMILES string of the molecule is CC1=CC(C)(C)Oc2ccc(Br)cc21. The Morgan fingerprint density at radius 1 is 1.29 bits per heavy atom. The second-order valence-electron chi connectivity index (χ2n) is 4.17. The number of hydrogen-bond donors (Lipinski definition) is 0. The average Bonchev–Trinajstić information content (AvgIpc) is 2.05. The number of rotatable bonds is 0. The number of hydrogen-bond acceptors (Lipinski definition) is 1. The van der Waals surface area contributed by atoms with Crippen LogP contribution in [0.5, 0.6) is 5.75 Å². The maximum absolute atomic E-state index is 5.85. The molecule has 2 rings (SSSR count). The largest absolute Gasteiger partial charge is 0.483 e. The molecule has 1 aliphatic rings. The minimum atomic E-state index is -0.190. The summed E-state index contributed by atoms with van der Waals surface area (Å²) in [4.78, 5) is 0. The zero-order valence-electron chi connectivity index (χ0n) is 8.60. The van der Waals surface area contributed by atoms with Crippen molar-refractivity contribution in [3.63, 3.8) is 0 Å². The molecule has 0 fully saturated rings. The third-order valence-corrected chi connectivity index (χ3v) is 2.80. The van der Waals surface area contributed by atoms with Crippen LogP contribution in [-0.2, 0) is 0 Å². The van der Waals surface area contributed by atoms with Crippen molar-refractivity contribution in [3.8, 4) is 5.75 Å². The standard InChI is InChI=1S/C12H13BrO/c1-8-7-12(2,3)14-11-5-4-9(13)6-10(8)11/h4-7H,1-3H3. The molecule has 1 heterocycles. The van der Waals surface area contributed by atoms with Gasteiger partial charge < -0.3 is 4.74 Å².